The monoisotopic (exact) mass is 270 g/mol. The molecule has 106 valence electrons. The van der Waals surface area contributed by atoms with E-state index in [1.807, 2.05) is 41.1 Å². The number of hydrogen-bond acceptors (Lipinski definition) is 2. The molecule has 1 heterocycles. The fraction of sp³-hybridized carbons (Fsp3) is 0.471. The van der Waals surface area contributed by atoms with Gasteiger partial charge in [-0.3, -0.25) is 0 Å². The van der Waals surface area contributed by atoms with E-state index >= 15 is 0 Å². The summed E-state index contributed by atoms with van der Waals surface area (Å²) in [5, 5.41) is 14.8. The number of nitrogens with zero attached hydrogens (tertiary/aromatic N) is 2. The lowest BCUT2D eigenvalue weighted by Crippen LogP contribution is -2.08. The van der Waals surface area contributed by atoms with E-state index in [9.17, 15) is 5.11 Å². The molecule has 1 saturated carbocycles. The van der Waals surface area contributed by atoms with Crippen LogP contribution in [0.1, 0.15) is 50.3 Å². The number of rotatable bonds is 5. The zero-order valence-electron chi connectivity index (χ0n) is 11.8. The first-order valence-corrected chi connectivity index (χ1v) is 7.62. The molecule has 20 heavy (non-hydrogen) atoms. The molecule has 0 bridgehead atoms. The molecule has 0 saturated heterocycles. The van der Waals surface area contributed by atoms with E-state index in [0.717, 1.165) is 30.1 Å². The van der Waals surface area contributed by atoms with Crippen LogP contribution >= 0.6 is 0 Å². The average Bonchev–Trinajstić information content (AvgIpc) is 3.17. The van der Waals surface area contributed by atoms with Gasteiger partial charge in [-0.25, -0.2) is 4.68 Å². The summed E-state index contributed by atoms with van der Waals surface area (Å²) in [5.74, 6) is 0.817. The van der Waals surface area contributed by atoms with Crippen LogP contribution in [0.3, 0.4) is 0 Å². The Hall–Kier alpha value is -1.61. The summed E-state index contributed by atoms with van der Waals surface area (Å²) < 4.78 is 1.85. The Labute approximate surface area is 120 Å². The van der Waals surface area contributed by atoms with E-state index in [-0.39, 0.29) is 0 Å². The van der Waals surface area contributed by atoms with Gasteiger partial charge in [-0.1, -0.05) is 43.9 Å². The highest BCUT2D eigenvalue weighted by molar-refractivity contribution is 5.32. The van der Waals surface area contributed by atoms with Crippen LogP contribution in [0.15, 0.2) is 42.6 Å². The number of aromatic nitrogens is 2. The van der Waals surface area contributed by atoms with Crippen molar-refractivity contribution in [2.45, 2.75) is 44.6 Å². The SMILES string of the molecule is OC(CCC1CCCC1)c1ccnn1-c1ccccc1. The van der Waals surface area contributed by atoms with Crippen molar-refractivity contribution in [2.24, 2.45) is 5.92 Å². The van der Waals surface area contributed by atoms with Gasteiger partial charge >= 0.3 is 0 Å². The summed E-state index contributed by atoms with van der Waals surface area (Å²) in [6, 6.07) is 11.9. The first-order chi connectivity index (χ1) is 9.84. The lowest BCUT2D eigenvalue weighted by molar-refractivity contribution is 0.149. The maximum Gasteiger partial charge on any atom is 0.0961 e. The molecular weight excluding hydrogens is 248 g/mol. The first kappa shape index (κ1) is 13.4. The average molecular weight is 270 g/mol. The van der Waals surface area contributed by atoms with E-state index in [1.165, 1.54) is 25.7 Å². The van der Waals surface area contributed by atoms with Gasteiger partial charge in [0.2, 0.25) is 0 Å². The second-order valence-electron chi connectivity index (χ2n) is 5.75. The number of benzene rings is 1. The van der Waals surface area contributed by atoms with Gasteiger partial charge in [0.15, 0.2) is 0 Å². The lowest BCUT2D eigenvalue weighted by Gasteiger charge is -2.15. The minimum Gasteiger partial charge on any atom is -0.387 e. The van der Waals surface area contributed by atoms with Gasteiger partial charge in [-0.15, -0.1) is 0 Å². The molecule has 1 aliphatic rings. The van der Waals surface area contributed by atoms with Gasteiger partial charge in [0, 0.05) is 6.20 Å². The fourth-order valence-corrected chi connectivity index (χ4v) is 3.19. The van der Waals surface area contributed by atoms with Crippen molar-refractivity contribution in [1.82, 2.24) is 9.78 Å². The van der Waals surface area contributed by atoms with E-state index in [4.69, 9.17) is 0 Å². The van der Waals surface area contributed by atoms with Gasteiger partial charge in [-0.05, 0) is 37.0 Å². The van der Waals surface area contributed by atoms with Crippen molar-refractivity contribution in [3.63, 3.8) is 0 Å². The van der Waals surface area contributed by atoms with E-state index in [1.54, 1.807) is 6.20 Å². The Bertz CT molecular complexity index is 529. The van der Waals surface area contributed by atoms with Crippen LogP contribution in [0.2, 0.25) is 0 Å². The molecular formula is C17H22N2O. The maximum absolute atomic E-state index is 10.5. The molecule has 0 radical (unpaired) electrons. The van der Waals surface area contributed by atoms with Crippen molar-refractivity contribution in [3.8, 4) is 5.69 Å². The predicted molar refractivity (Wildman–Crippen MR) is 79.7 cm³/mol. The molecule has 1 fully saturated rings. The number of aliphatic hydroxyl groups excluding tert-OH is 1. The van der Waals surface area contributed by atoms with Crippen molar-refractivity contribution >= 4 is 0 Å². The molecule has 0 spiro atoms. The van der Waals surface area contributed by atoms with Crippen molar-refractivity contribution in [3.05, 3.63) is 48.3 Å². The largest absolute Gasteiger partial charge is 0.387 e. The zero-order valence-corrected chi connectivity index (χ0v) is 11.8. The quantitative estimate of drug-likeness (QED) is 0.895. The highest BCUT2D eigenvalue weighted by Crippen LogP contribution is 2.31. The van der Waals surface area contributed by atoms with Crippen LogP contribution in [0.4, 0.5) is 0 Å². The minimum atomic E-state index is -0.418. The van der Waals surface area contributed by atoms with Gasteiger partial charge < -0.3 is 5.11 Å². The summed E-state index contributed by atoms with van der Waals surface area (Å²) in [4.78, 5) is 0. The van der Waals surface area contributed by atoms with Crippen LogP contribution in [0.25, 0.3) is 5.69 Å². The van der Waals surface area contributed by atoms with Crippen LogP contribution in [0, 0.1) is 5.92 Å². The maximum atomic E-state index is 10.5. The summed E-state index contributed by atoms with van der Waals surface area (Å²) in [5.41, 5.74) is 1.90. The summed E-state index contributed by atoms with van der Waals surface area (Å²) in [6.45, 7) is 0. The summed E-state index contributed by atoms with van der Waals surface area (Å²) in [6.07, 6.45) is 8.71. The van der Waals surface area contributed by atoms with Crippen LogP contribution in [0.5, 0.6) is 0 Å². The van der Waals surface area contributed by atoms with Crippen LogP contribution in [-0.4, -0.2) is 14.9 Å². The molecule has 1 atom stereocenters. The van der Waals surface area contributed by atoms with Gasteiger partial charge in [0.1, 0.15) is 0 Å². The van der Waals surface area contributed by atoms with Crippen molar-refractivity contribution in [1.29, 1.82) is 0 Å². The second-order valence-corrected chi connectivity index (χ2v) is 5.75. The predicted octanol–water partition coefficient (Wildman–Crippen LogP) is 3.88. The summed E-state index contributed by atoms with van der Waals surface area (Å²) in [7, 11) is 0. The molecule has 0 aliphatic heterocycles. The molecule has 3 heteroatoms. The second kappa shape index (κ2) is 6.23. The molecule has 1 aliphatic carbocycles. The molecule has 0 amide bonds. The third kappa shape index (κ3) is 2.93. The molecule has 3 rings (SSSR count). The molecule has 1 aromatic heterocycles. The lowest BCUT2D eigenvalue weighted by atomic mass is 9.98. The third-order valence-corrected chi connectivity index (χ3v) is 4.34. The summed E-state index contributed by atoms with van der Waals surface area (Å²) >= 11 is 0. The number of aliphatic hydroxyl groups is 1. The Morgan fingerprint density at radius 3 is 2.65 bits per heavy atom. The topological polar surface area (TPSA) is 38.1 Å². The van der Waals surface area contributed by atoms with Gasteiger partial charge in [0.25, 0.3) is 0 Å². The van der Waals surface area contributed by atoms with Crippen LogP contribution < -0.4 is 0 Å². The number of hydrogen-bond donors (Lipinski definition) is 1. The Balaban J connectivity index is 1.69. The molecule has 1 aromatic carbocycles. The smallest absolute Gasteiger partial charge is 0.0961 e. The van der Waals surface area contributed by atoms with Gasteiger partial charge in [0.05, 0.1) is 17.5 Å². The molecule has 1 N–H and O–H groups in total. The van der Waals surface area contributed by atoms with Crippen molar-refractivity contribution < 1.29 is 5.11 Å². The molecule has 3 nitrogen and oxygen atoms in total. The molecule has 2 aromatic rings. The van der Waals surface area contributed by atoms with Gasteiger partial charge in [-0.2, -0.15) is 5.10 Å². The normalized spacial score (nSPS) is 17.4. The Kier molecular flexibility index (Phi) is 4.16. The van der Waals surface area contributed by atoms with E-state index < -0.39 is 6.10 Å². The zero-order chi connectivity index (χ0) is 13.8. The van der Waals surface area contributed by atoms with Crippen molar-refractivity contribution in [2.75, 3.05) is 0 Å². The van der Waals surface area contributed by atoms with Crippen LogP contribution in [-0.2, 0) is 0 Å². The molecule has 1 unspecified atom stereocenters. The standard InChI is InChI=1S/C17H22N2O/c20-17(11-10-14-6-4-5-7-14)16-12-13-18-19(16)15-8-2-1-3-9-15/h1-3,8-9,12-14,17,20H,4-7,10-11H2. The Morgan fingerprint density at radius 2 is 1.90 bits per heavy atom. The third-order valence-electron chi connectivity index (χ3n) is 4.34. The highest BCUT2D eigenvalue weighted by Gasteiger charge is 2.19. The number of para-hydroxylation sites is 1. The van der Waals surface area contributed by atoms with E-state index in [2.05, 4.69) is 5.10 Å². The van der Waals surface area contributed by atoms with E-state index in [0.29, 0.717) is 0 Å². The Morgan fingerprint density at radius 1 is 1.15 bits per heavy atom. The first-order valence-electron chi connectivity index (χ1n) is 7.62. The minimum absolute atomic E-state index is 0.418. The fourth-order valence-electron chi connectivity index (χ4n) is 3.19. The highest BCUT2D eigenvalue weighted by atomic mass is 16.3.